The molecule has 2 heteroatoms. The molecular formula is C15H17NO. The summed E-state index contributed by atoms with van der Waals surface area (Å²) in [5.74, 6) is 1.64. The van der Waals surface area contributed by atoms with Crippen LogP contribution in [0.3, 0.4) is 0 Å². The fraction of sp³-hybridized carbons (Fsp3) is 0.333. The lowest BCUT2D eigenvalue weighted by molar-refractivity contribution is 0.428. The van der Waals surface area contributed by atoms with Crippen molar-refractivity contribution < 1.29 is 4.42 Å². The quantitative estimate of drug-likeness (QED) is 0.872. The van der Waals surface area contributed by atoms with Gasteiger partial charge in [0, 0.05) is 12.0 Å². The third kappa shape index (κ3) is 2.27. The zero-order valence-electron chi connectivity index (χ0n) is 9.80. The molecule has 2 atom stereocenters. The Balaban J connectivity index is 1.75. The first kappa shape index (κ1) is 10.6. The molecule has 2 nitrogen and oxygen atoms in total. The summed E-state index contributed by atoms with van der Waals surface area (Å²) >= 11 is 0. The van der Waals surface area contributed by atoms with E-state index in [9.17, 15) is 0 Å². The smallest absolute Gasteiger partial charge is 0.108 e. The fourth-order valence-electron chi connectivity index (χ4n) is 2.69. The molecule has 1 aliphatic rings. The number of benzene rings is 1. The summed E-state index contributed by atoms with van der Waals surface area (Å²) in [4.78, 5) is 0. The highest BCUT2D eigenvalue weighted by Gasteiger charge is 2.29. The van der Waals surface area contributed by atoms with Gasteiger partial charge in [-0.3, -0.25) is 0 Å². The molecule has 2 unspecified atom stereocenters. The van der Waals surface area contributed by atoms with E-state index in [1.807, 2.05) is 6.07 Å². The molecule has 0 spiro atoms. The van der Waals surface area contributed by atoms with E-state index in [1.165, 1.54) is 12.0 Å². The van der Waals surface area contributed by atoms with Gasteiger partial charge in [0.2, 0.25) is 0 Å². The first-order valence-corrected chi connectivity index (χ1v) is 6.24. The van der Waals surface area contributed by atoms with E-state index >= 15 is 0 Å². The number of hydrogen-bond acceptors (Lipinski definition) is 2. The molecule has 1 saturated heterocycles. The summed E-state index contributed by atoms with van der Waals surface area (Å²) in [7, 11) is 0. The van der Waals surface area contributed by atoms with E-state index in [0.29, 0.717) is 12.0 Å². The van der Waals surface area contributed by atoms with E-state index in [1.54, 1.807) is 6.26 Å². The number of nitrogens with one attached hydrogen (secondary N) is 1. The first-order chi connectivity index (χ1) is 8.43. The SMILES string of the molecule is c1ccc(CC2NCCC2c2ccco2)cc1. The lowest BCUT2D eigenvalue weighted by Crippen LogP contribution is -2.28. The molecule has 0 aliphatic carbocycles. The molecule has 17 heavy (non-hydrogen) atoms. The highest BCUT2D eigenvalue weighted by Crippen LogP contribution is 2.29. The minimum absolute atomic E-state index is 0.503. The van der Waals surface area contributed by atoms with Gasteiger partial charge in [0.1, 0.15) is 5.76 Å². The van der Waals surface area contributed by atoms with Crippen molar-refractivity contribution in [2.75, 3.05) is 6.54 Å². The van der Waals surface area contributed by atoms with Crippen molar-refractivity contribution >= 4 is 0 Å². The normalized spacial score (nSPS) is 24.0. The molecule has 2 heterocycles. The average molecular weight is 227 g/mol. The molecule has 0 saturated carbocycles. The molecule has 0 amide bonds. The van der Waals surface area contributed by atoms with Crippen molar-refractivity contribution in [2.45, 2.75) is 24.8 Å². The highest BCUT2D eigenvalue weighted by atomic mass is 16.3. The second kappa shape index (κ2) is 4.76. The van der Waals surface area contributed by atoms with Crippen molar-refractivity contribution in [3.8, 4) is 0 Å². The average Bonchev–Trinajstić information content (AvgIpc) is 3.00. The van der Waals surface area contributed by atoms with Crippen LogP contribution in [-0.4, -0.2) is 12.6 Å². The van der Waals surface area contributed by atoms with E-state index in [-0.39, 0.29) is 0 Å². The highest BCUT2D eigenvalue weighted by molar-refractivity contribution is 5.19. The summed E-state index contributed by atoms with van der Waals surface area (Å²) in [6.45, 7) is 1.09. The van der Waals surface area contributed by atoms with Gasteiger partial charge in [-0.05, 0) is 37.1 Å². The maximum absolute atomic E-state index is 5.55. The number of hydrogen-bond donors (Lipinski definition) is 1. The third-order valence-electron chi connectivity index (χ3n) is 3.55. The molecular weight excluding hydrogens is 210 g/mol. The predicted octanol–water partition coefficient (Wildman–Crippen LogP) is 2.97. The monoisotopic (exact) mass is 227 g/mol. The Morgan fingerprint density at radius 2 is 2.00 bits per heavy atom. The standard InChI is InChI=1S/C15H17NO/c1-2-5-12(6-3-1)11-14-13(8-9-16-14)15-7-4-10-17-15/h1-7,10,13-14,16H,8-9,11H2. The van der Waals surface area contributed by atoms with Crippen molar-refractivity contribution in [1.29, 1.82) is 0 Å². The summed E-state index contributed by atoms with van der Waals surface area (Å²) in [6, 6.07) is 15.2. The van der Waals surface area contributed by atoms with Crippen LogP contribution in [0.1, 0.15) is 23.7 Å². The zero-order chi connectivity index (χ0) is 11.5. The Bertz CT molecular complexity index is 449. The van der Waals surface area contributed by atoms with Crippen LogP contribution in [0, 0.1) is 0 Å². The molecule has 3 rings (SSSR count). The number of furan rings is 1. The Kier molecular flexibility index (Phi) is 2.97. The molecule has 1 fully saturated rings. The van der Waals surface area contributed by atoms with Gasteiger partial charge in [-0.25, -0.2) is 0 Å². The van der Waals surface area contributed by atoms with Crippen LogP contribution in [0.5, 0.6) is 0 Å². The van der Waals surface area contributed by atoms with E-state index < -0.39 is 0 Å². The second-order valence-corrected chi connectivity index (χ2v) is 4.66. The van der Waals surface area contributed by atoms with Crippen LogP contribution in [0.2, 0.25) is 0 Å². The summed E-state index contributed by atoms with van der Waals surface area (Å²) < 4.78 is 5.55. The maximum atomic E-state index is 5.55. The van der Waals surface area contributed by atoms with E-state index in [0.717, 1.165) is 18.7 Å². The molecule has 2 aromatic rings. The molecule has 1 N–H and O–H groups in total. The summed E-state index contributed by atoms with van der Waals surface area (Å²) in [5.41, 5.74) is 1.39. The predicted molar refractivity (Wildman–Crippen MR) is 68.0 cm³/mol. The van der Waals surface area contributed by atoms with Gasteiger partial charge in [0.25, 0.3) is 0 Å². The van der Waals surface area contributed by atoms with Gasteiger partial charge in [0.15, 0.2) is 0 Å². The minimum atomic E-state index is 0.503. The van der Waals surface area contributed by atoms with Gasteiger partial charge in [-0.2, -0.15) is 0 Å². The lowest BCUT2D eigenvalue weighted by atomic mass is 9.93. The van der Waals surface area contributed by atoms with Crippen LogP contribution in [0.25, 0.3) is 0 Å². The summed E-state index contributed by atoms with van der Waals surface area (Å²) in [5, 5.41) is 3.58. The van der Waals surface area contributed by atoms with E-state index in [4.69, 9.17) is 4.42 Å². The fourth-order valence-corrected chi connectivity index (χ4v) is 2.69. The van der Waals surface area contributed by atoms with Crippen molar-refractivity contribution in [1.82, 2.24) is 5.32 Å². The second-order valence-electron chi connectivity index (χ2n) is 4.66. The zero-order valence-corrected chi connectivity index (χ0v) is 9.80. The van der Waals surface area contributed by atoms with Gasteiger partial charge in [-0.15, -0.1) is 0 Å². The van der Waals surface area contributed by atoms with Crippen LogP contribution in [-0.2, 0) is 6.42 Å². The Hall–Kier alpha value is -1.54. The Morgan fingerprint density at radius 1 is 1.12 bits per heavy atom. The van der Waals surface area contributed by atoms with Gasteiger partial charge < -0.3 is 9.73 Å². The largest absolute Gasteiger partial charge is 0.469 e. The van der Waals surface area contributed by atoms with Crippen LogP contribution < -0.4 is 5.32 Å². The molecule has 0 bridgehead atoms. The van der Waals surface area contributed by atoms with Crippen LogP contribution in [0.15, 0.2) is 53.1 Å². The number of rotatable bonds is 3. The third-order valence-corrected chi connectivity index (χ3v) is 3.55. The van der Waals surface area contributed by atoms with Crippen LogP contribution >= 0.6 is 0 Å². The molecule has 88 valence electrons. The van der Waals surface area contributed by atoms with Gasteiger partial charge in [-0.1, -0.05) is 30.3 Å². The molecule has 1 aromatic carbocycles. The molecule has 0 radical (unpaired) electrons. The molecule has 1 aliphatic heterocycles. The van der Waals surface area contributed by atoms with Gasteiger partial charge >= 0.3 is 0 Å². The first-order valence-electron chi connectivity index (χ1n) is 6.24. The van der Waals surface area contributed by atoms with Crippen LogP contribution in [0.4, 0.5) is 0 Å². The Morgan fingerprint density at radius 3 is 2.76 bits per heavy atom. The van der Waals surface area contributed by atoms with Crippen molar-refractivity contribution in [3.63, 3.8) is 0 Å². The Labute approximate surface area is 102 Å². The van der Waals surface area contributed by atoms with E-state index in [2.05, 4.69) is 41.7 Å². The molecule has 1 aromatic heterocycles. The minimum Gasteiger partial charge on any atom is -0.469 e. The van der Waals surface area contributed by atoms with Crippen molar-refractivity contribution in [2.24, 2.45) is 0 Å². The van der Waals surface area contributed by atoms with Crippen molar-refractivity contribution in [3.05, 3.63) is 60.1 Å². The van der Waals surface area contributed by atoms with Gasteiger partial charge in [0.05, 0.1) is 6.26 Å². The summed E-state index contributed by atoms with van der Waals surface area (Å²) in [6.07, 6.45) is 4.02. The maximum Gasteiger partial charge on any atom is 0.108 e. The topological polar surface area (TPSA) is 25.2 Å². The lowest BCUT2D eigenvalue weighted by Gasteiger charge is -2.17.